The van der Waals surface area contributed by atoms with Crippen molar-refractivity contribution >= 4 is 35.0 Å². The van der Waals surface area contributed by atoms with Gasteiger partial charge in [-0.3, -0.25) is 4.79 Å². The predicted molar refractivity (Wildman–Crippen MR) is 117 cm³/mol. The van der Waals surface area contributed by atoms with Gasteiger partial charge in [0.15, 0.2) is 0 Å². The second-order valence-corrected chi connectivity index (χ2v) is 8.56. The highest BCUT2D eigenvalue weighted by atomic mass is 35.5. The van der Waals surface area contributed by atoms with E-state index < -0.39 is 0 Å². The van der Waals surface area contributed by atoms with Gasteiger partial charge in [-0.2, -0.15) is 5.26 Å². The van der Waals surface area contributed by atoms with Gasteiger partial charge in [-0.15, -0.1) is 11.8 Å². The molecule has 1 amide bonds. The molecule has 1 heterocycles. The molecule has 0 spiro atoms. The Bertz CT molecular complexity index is 956. The van der Waals surface area contributed by atoms with E-state index in [9.17, 15) is 10.1 Å². The number of rotatable bonds is 6. The summed E-state index contributed by atoms with van der Waals surface area (Å²) in [6.07, 6.45) is 5.76. The standard InChI is InChI=1S/C22H24ClN3O2S/c1-14-10-19(20(28-2)12-17(14)23)25-21(27)8-9-29-22-16(13-24)11-15-6-4-3-5-7-18(15)26-22/h10-12H,3-9H2,1-2H3,(H,25,27). The highest BCUT2D eigenvalue weighted by Crippen LogP contribution is 2.31. The van der Waals surface area contributed by atoms with Crippen molar-refractivity contribution in [1.82, 2.24) is 4.98 Å². The lowest BCUT2D eigenvalue weighted by molar-refractivity contribution is -0.115. The Hall–Kier alpha value is -2.23. The zero-order chi connectivity index (χ0) is 20.8. The third-order valence-corrected chi connectivity index (χ3v) is 6.36. The molecular weight excluding hydrogens is 406 g/mol. The number of carbonyl (C=O) groups excluding carboxylic acids is 1. The van der Waals surface area contributed by atoms with E-state index in [0.717, 1.165) is 42.0 Å². The lowest BCUT2D eigenvalue weighted by Crippen LogP contribution is -2.13. The normalized spacial score (nSPS) is 13.2. The zero-order valence-electron chi connectivity index (χ0n) is 16.7. The molecule has 0 atom stereocenters. The molecule has 0 radical (unpaired) electrons. The Morgan fingerprint density at radius 3 is 2.86 bits per heavy atom. The van der Waals surface area contributed by atoms with E-state index in [1.807, 2.05) is 13.0 Å². The SMILES string of the molecule is COc1cc(Cl)c(C)cc1NC(=O)CCSc1nc2c(cc1C#N)CCCCC2. The number of hydrogen-bond acceptors (Lipinski definition) is 5. The van der Waals surface area contributed by atoms with Gasteiger partial charge >= 0.3 is 0 Å². The van der Waals surface area contributed by atoms with Gasteiger partial charge in [-0.1, -0.05) is 18.0 Å². The number of amides is 1. The minimum atomic E-state index is -0.120. The molecular formula is C22H24ClN3O2S. The van der Waals surface area contributed by atoms with E-state index in [-0.39, 0.29) is 5.91 Å². The number of nitrogens with one attached hydrogen (secondary N) is 1. The van der Waals surface area contributed by atoms with E-state index in [1.54, 1.807) is 19.2 Å². The van der Waals surface area contributed by atoms with Gasteiger partial charge in [0.2, 0.25) is 5.91 Å². The van der Waals surface area contributed by atoms with Gasteiger partial charge in [-0.25, -0.2) is 4.98 Å². The first-order valence-corrected chi connectivity index (χ1v) is 11.1. The molecule has 1 aliphatic carbocycles. The number of thioether (sulfide) groups is 1. The molecule has 2 aromatic rings. The predicted octanol–water partition coefficient (Wildman–Crippen LogP) is 5.31. The first-order chi connectivity index (χ1) is 14.0. The second kappa shape index (κ2) is 10.00. The highest BCUT2D eigenvalue weighted by molar-refractivity contribution is 7.99. The number of pyridine rings is 1. The molecule has 0 bridgehead atoms. The number of benzene rings is 1. The summed E-state index contributed by atoms with van der Waals surface area (Å²) in [5.74, 6) is 0.952. The molecule has 0 unspecified atom stereocenters. The van der Waals surface area contributed by atoms with Crippen molar-refractivity contribution in [2.24, 2.45) is 0 Å². The van der Waals surface area contributed by atoms with E-state index in [4.69, 9.17) is 21.3 Å². The third kappa shape index (κ3) is 5.43. The monoisotopic (exact) mass is 429 g/mol. The maximum atomic E-state index is 12.4. The first kappa shape index (κ1) is 21.5. The molecule has 3 rings (SSSR count). The average Bonchev–Trinajstić information content (AvgIpc) is 2.94. The van der Waals surface area contributed by atoms with Gasteiger partial charge in [-0.05, 0) is 55.9 Å². The van der Waals surface area contributed by atoms with Gasteiger partial charge in [0, 0.05) is 29.0 Å². The van der Waals surface area contributed by atoms with Crippen LogP contribution in [-0.4, -0.2) is 23.8 Å². The fourth-order valence-electron chi connectivity index (χ4n) is 3.36. The number of nitrogens with zero attached hydrogens (tertiary/aromatic N) is 2. The topological polar surface area (TPSA) is 75.0 Å². The van der Waals surface area contributed by atoms with Crippen molar-refractivity contribution in [2.45, 2.75) is 50.5 Å². The average molecular weight is 430 g/mol. The highest BCUT2D eigenvalue weighted by Gasteiger charge is 2.16. The zero-order valence-corrected chi connectivity index (χ0v) is 18.3. The summed E-state index contributed by atoms with van der Waals surface area (Å²) >= 11 is 7.57. The molecule has 1 aromatic heterocycles. The Labute approximate surface area is 180 Å². The summed E-state index contributed by atoms with van der Waals surface area (Å²) in [7, 11) is 1.54. The number of halogens is 1. The summed E-state index contributed by atoms with van der Waals surface area (Å²) in [5, 5.41) is 13.7. The van der Waals surface area contributed by atoms with E-state index >= 15 is 0 Å². The number of anilines is 1. The van der Waals surface area contributed by atoms with Crippen molar-refractivity contribution in [2.75, 3.05) is 18.2 Å². The van der Waals surface area contributed by atoms with Gasteiger partial charge in [0.1, 0.15) is 16.8 Å². The molecule has 7 heteroatoms. The van der Waals surface area contributed by atoms with Crippen molar-refractivity contribution < 1.29 is 9.53 Å². The number of aryl methyl sites for hydroxylation is 3. The second-order valence-electron chi connectivity index (χ2n) is 7.07. The van der Waals surface area contributed by atoms with E-state index in [0.29, 0.717) is 34.2 Å². The van der Waals surface area contributed by atoms with Crippen LogP contribution in [0.15, 0.2) is 23.2 Å². The fourth-order valence-corrected chi connectivity index (χ4v) is 4.43. The largest absolute Gasteiger partial charge is 0.495 e. The van der Waals surface area contributed by atoms with Gasteiger partial charge < -0.3 is 10.1 Å². The molecule has 29 heavy (non-hydrogen) atoms. The first-order valence-electron chi connectivity index (χ1n) is 9.71. The fraction of sp³-hybridized carbons (Fsp3) is 0.409. The van der Waals surface area contributed by atoms with Crippen molar-refractivity contribution in [3.8, 4) is 11.8 Å². The molecule has 152 valence electrons. The van der Waals surface area contributed by atoms with Crippen LogP contribution in [0, 0.1) is 18.3 Å². The van der Waals surface area contributed by atoms with E-state index in [2.05, 4.69) is 11.4 Å². The van der Waals surface area contributed by atoms with Crippen LogP contribution in [0.3, 0.4) is 0 Å². The van der Waals surface area contributed by atoms with Gasteiger partial charge in [0.25, 0.3) is 0 Å². The van der Waals surface area contributed by atoms with Crippen LogP contribution in [0.1, 0.15) is 48.1 Å². The minimum Gasteiger partial charge on any atom is -0.495 e. The minimum absolute atomic E-state index is 0.120. The Morgan fingerprint density at radius 2 is 2.10 bits per heavy atom. The van der Waals surface area contributed by atoms with Crippen molar-refractivity contribution in [1.29, 1.82) is 5.26 Å². The van der Waals surface area contributed by atoms with Crippen LogP contribution in [0.25, 0.3) is 0 Å². The lowest BCUT2D eigenvalue weighted by Gasteiger charge is -2.12. The molecule has 0 saturated carbocycles. The molecule has 0 aliphatic heterocycles. The van der Waals surface area contributed by atoms with Crippen molar-refractivity contribution in [3.05, 3.63) is 45.6 Å². The Morgan fingerprint density at radius 1 is 1.31 bits per heavy atom. The number of hydrogen-bond donors (Lipinski definition) is 1. The maximum absolute atomic E-state index is 12.4. The van der Waals surface area contributed by atoms with Crippen molar-refractivity contribution in [3.63, 3.8) is 0 Å². The summed E-state index contributed by atoms with van der Waals surface area (Å²) in [6, 6.07) is 7.74. The summed E-state index contributed by atoms with van der Waals surface area (Å²) < 4.78 is 5.30. The number of methoxy groups -OCH3 is 1. The summed E-state index contributed by atoms with van der Waals surface area (Å²) in [6.45, 7) is 1.88. The molecule has 0 fully saturated rings. The molecule has 0 saturated heterocycles. The maximum Gasteiger partial charge on any atom is 0.225 e. The Kier molecular flexibility index (Phi) is 7.40. The molecule has 1 aliphatic rings. The van der Waals surface area contributed by atoms with E-state index in [1.165, 1.54) is 23.7 Å². The third-order valence-electron chi connectivity index (χ3n) is 4.96. The number of carbonyl (C=O) groups is 1. The van der Waals surface area contributed by atoms with Crippen LogP contribution >= 0.6 is 23.4 Å². The Balaban J connectivity index is 1.63. The number of fused-ring (bicyclic) bond motifs is 1. The number of nitriles is 1. The molecule has 1 N–H and O–H groups in total. The van der Waals surface area contributed by atoms with Crippen LogP contribution in [0.4, 0.5) is 5.69 Å². The quantitative estimate of drug-likeness (QED) is 0.497. The summed E-state index contributed by atoms with van der Waals surface area (Å²) in [5.41, 5.74) is 4.38. The number of aromatic nitrogens is 1. The van der Waals surface area contributed by atoms with Crippen LogP contribution in [-0.2, 0) is 17.6 Å². The lowest BCUT2D eigenvalue weighted by atomic mass is 10.1. The van der Waals surface area contributed by atoms with Gasteiger partial charge in [0.05, 0.1) is 18.4 Å². The number of ether oxygens (including phenoxy) is 1. The van der Waals surface area contributed by atoms with Crippen LogP contribution < -0.4 is 10.1 Å². The van der Waals surface area contributed by atoms with Crippen LogP contribution in [0.2, 0.25) is 5.02 Å². The van der Waals surface area contributed by atoms with Crippen LogP contribution in [0.5, 0.6) is 5.75 Å². The molecule has 5 nitrogen and oxygen atoms in total. The smallest absolute Gasteiger partial charge is 0.225 e. The summed E-state index contributed by atoms with van der Waals surface area (Å²) in [4.78, 5) is 17.1. The molecule has 1 aromatic carbocycles.